The van der Waals surface area contributed by atoms with Crippen LogP contribution in [0.15, 0.2) is 54.7 Å². The minimum absolute atomic E-state index is 0.0841. The number of benzene rings is 3. The summed E-state index contributed by atoms with van der Waals surface area (Å²) in [6.07, 6.45) is 1.67. The lowest BCUT2D eigenvalue weighted by atomic mass is 9.97. The molecule has 10 heteroatoms. The molecule has 1 saturated heterocycles. The number of rotatable bonds is 4. The molecule has 0 unspecified atom stereocenters. The number of hydrogen-bond acceptors (Lipinski definition) is 7. The number of methoxy groups -OCH3 is 1. The van der Waals surface area contributed by atoms with E-state index in [0.717, 1.165) is 33.3 Å². The predicted octanol–water partition coefficient (Wildman–Crippen LogP) is 4.51. The molecule has 4 aromatic rings. The van der Waals surface area contributed by atoms with E-state index in [1.165, 1.54) is 7.11 Å². The number of amides is 1. The summed E-state index contributed by atoms with van der Waals surface area (Å²) in [6.45, 7) is 3.01. The van der Waals surface area contributed by atoms with Crippen molar-refractivity contribution in [2.45, 2.75) is 6.54 Å². The van der Waals surface area contributed by atoms with E-state index in [1.54, 1.807) is 27.9 Å². The number of morpholine rings is 1. The van der Waals surface area contributed by atoms with Crippen LogP contribution in [0.5, 0.6) is 5.75 Å². The summed E-state index contributed by atoms with van der Waals surface area (Å²) >= 11 is 6.61. The van der Waals surface area contributed by atoms with Crippen LogP contribution in [0.3, 0.4) is 0 Å². The van der Waals surface area contributed by atoms with E-state index >= 15 is 0 Å². The lowest BCUT2D eigenvalue weighted by Crippen LogP contribution is -2.37. The number of anilines is 1. The van der Waals surface area contributed by atoms with Crippen LogP contribution in [0.1, 0.15) is 26.3 Å². The van der Waals surface area contributed by atoms with Gasteiger partial charge in [-0.05, 0) is 29.8 Å². The number of carbonyl (C=O) groups is 2. The first-order valence-corrected chi connectivity index (χ1v) is 13.0. The molecular formula is C29H27ClN4O5. The summed E-state index contributed by atoms with van der Waals surface area (Å²) in [4.78, 5) is 29.7. The van der Waals surface area contributed by atoms with Crippen molar-refractivity contribution in [1.82, 2.24) is 14.7 Å². The third-order valence-corrected chi connectivity index (χ3v) is 7.68. The van der Waals surface area contributed by atoms with Crippen LogP contribution < -0.4 is 9.64 Å². The zero-order valence-corrected chi connectivity index (χ0v) is 22.4. The highest BCUT2D eigenvalue weighted by Gasteiger charge is 2.28. The van der Waals surface area contributed by atoms with Gasteiger partial charge in [0.25, 0.3) is 5.91 Å². The molecule has 0 atom stereocenters. The molecule has 6 rings (SSSR count). The third kappa shape index (κ3) is 4.47. The number of para-hydroxylation sites is 1. The van der Waals surface area contributed by atoms with Crippen LogP contribution in [0, 0.1) is 0 Å². The van der Waals surface area contributed by atoms with Crippen molar-refractivity contribution in [3.05, 3.63) is 76.4 Å². The molecular weight excluding hydrogens is 520 g/mol. The normalized spacial score (nSPS) is 15.2. The van der Waals surface area contributed by atoms with Gasteiger partial charge < -0.3 is 24.0 Å². The van der Waals surface area contributed by atoms with Crippen LogP contribution in [0.4, 0.5) is 5.69 Å². The molecule has 1 fully saturated rings. The largest absolute Gasteiger partial charge is 0.472 e. The second-order valence-electron chi connectivity index (χ2n) is 9.52. The number of ether oxygens (including phenoxy) is 3. The van der Waals surface area contributed by atoms with Crippen molar-refractivity contribution < 1.29 is 23.8 Å². The summed E-state index contributed by atoms with van der Waals surface area (Å²) in [5.41, 5.74) is 5.26. The van der Waals surface area contributed by atoms with Crippen LogP contribution >= 0.6 is 11.6 Å². The van der Waals surface area contributed by atoms with Gasteiger partial charge in [-0.15, -0.1) is 0 Å². The van der Waals surface area contributed by atoms with Gasteiger partial charge in [0.2, 0.25) is 0 Å². The molecule has 3 aromatic carbocycles. The molecule has 0 bridgehead atoms. The van der Waals surface area contributed by atoms with Crippen molar-refractivity contribution in [3.63, 3.8) is 0 Å². The average Bonchev–Trinajstić information content (AvgIpc) is 3.37. The molecule has 2 aliphatic rings. The molecule has 2 aliphatic heterocycles. The van der Waals surface area contributed by atoms with E-state index in [9.17, 15) is 9.59 Å². The molecule has 1 aromatic heterocycles. The molecule has 3 heterocycles. The number of fused-ring (bicyclic) bond motifs is 2. The Kier molecular flexibility index (Phi) is 6.62. The second kappa shape index (κ2) is 10.2. The van der Waals surface area contributed by atoms with E-state index < -0.39 is 0 Å². The highest BCUT2D eigenvalue weighted by molar-refractivity contribution is 6.38. The smallest absolute Gasteiger partial charge is 0.339 e. The molecule has 39 heavy (non-hydrogen) atoms. The highest BCUT2D eigenvalue weighted by Crippen LogP contribution is 2.39. The Morgan fingerprint density at radius 3 is 2.64 bits per heavy atom. The lowest BCUT2D eigenvalue weighted by molar-refractivity contribution is 0.0515. The fraction of sp³-hybridized carbons (Fsp3) is 0.276. The fourth-order valence-electron chi connectivity index (χ4n) is 5.21. The Balaban J connectivity index is 1.31. The maximum absolute atomic E-state index is 13.5. The number of halogens is 1. The molecule has 200 valence electrons. The predicted molar refractivity (Wildman–Crippen MR) is 147 cm³/mol. The van der Waals surface area contributed by atoms with Gasteiger partial charge in [0, 0.05) is 36.7 Å². The van der Waals surface area contributed by atoms with Crippen molar-refractivity contribution in [1.29, 1.82) is 0 Å². The minimum atomic E-state index is -0.383. The third-order valence-electron chi connectivity index (χ3n) is 7.27. The zero-order chi connectivity index (χ0) is 27.1. The van der Waals surface area contributed by atoms with Gasteiger partial charge in [0.1, 0.15) is 5.75 Å². The van der Waals surface area contributed by atoms with Gasteiger partial charge in [-0.25, -0.2) is 4.79 Å². The SMILES string of the molecule is COC(=O)c1ccc(-c2cccc3c2OCN(C(=O)c2ccc4c(cnn4C)c2Cl)C3)cc1N1CCOCC1. The number of aryl methyl sites for hydroxylation is 1. The first-order valence-electron chi connectivity index (χ1n) is 12.7. The lowest BCUT2D eigenvalue weighted by Gasteiger charge is -2.32. The van der Waals surface area contributed by atoms with E-state index in [0.29, 0.717) is 54.7 Å². The molecule has 1 amide bonds. The number of hydrogen-bond donors (Lipinski definition) is 0. The maximum atomic E-state index is 13.5. The summed E-state index contributed by atoms with van der Waals surface area (Å²) in [5.74, 6) is 0.125. The van der Waals surface area contributed by atoms with E-state index in [-0.39, 0.29) is 18.6 Å². The summed E-state index contributed by atoms with van der Waals surface area (Å²) in [6, 6.07) is 15.2. The second-order valence-corrected chi connectivity index (χ2v) is 9.90. The van der Waals surface area contributed by atoms with Crippen LogP contribution in [-0.4, -0.2) is 66.7 Å². The maximum Gasteiger partial charge on any atom is 0.339 e. The van der Waals surface area contributed by atoms with E-state index in [2.05, 4.69) is 10.00 Å². The van der Waals surface area contributed by atoms with Crippen LogP contribution in [-0.2, 0) is 23.1 Å². The molecule has 0 aliphatic carbocycles. The minimum Gasteiger partial charge on any atom is -0.472 e. The van der Waals surface area contributed by atoms with Gasteiger partial charge >= 0.3 is 5.97 Å². The first kappa shape index (κ1) is 25.2. The van der Waals surface area contributed by atoms with Crippen molar-refractivity contribution >= 4 is 40.1 Å². The number of nitrogens with zero attached hydrogens (tertiary/aromatic N) is 4. The summed E-state index contributed by atoms with van der Waals surface area (Å²) in [5, 5.41) is 5.36. The first-order chi connectivity index (χ1) is 19.0. The Labute approximate surface area is 230 Å². The Morgan fingerprint density at radius 1 is 1.05 bits per heavy atom. The fourth-order valence-corrected chi connectivity index (χ4v) is 5.50. The molecule has 0 N–H and O–H groups in total. The van der Waals surface area contributed by atoms with Gasteiger partial charge in [0.05, 0.1) is 60.4 Å². The van der Waals surface area contributed by atoms with Gasteiger partial charge in [-0.1, -0.05) is 35.9 Å². The summed E-state index contributed by atoms with van der Waals surface area (Å²) in [7, 11) is 3.22. The van der Waals surface area contributed by atoms with Crippen LogP contribution in [0.2, 0.25) is 5.02 Å². The Hall–Kier alpha value is -4.08. The summed E-state index contributed by atoms with van der Waals surface area (Å²) < 4.78 is 18.5. The Bertz CT molecular complexity index is 1590. The highest BCUT2D eigenvalue weighted by atomic mass is 35.5. The number of carbonyl (C=O) groups excluding carboxylic acids is 2. The molecule has 0 spiro atoms. The number of aromatic nitrogens is 2. The molecule has 0 saturated carbocycles. The molecule has 9 nitrogen and oxygen atoms in total. The molecule has 0 radical (unpaired) electrons. The Morgan fingerprint density at radius 2 is 1.85 bits per heavy atom. The monoisotopic (exact) mass is 546 g/mol. The van der Waals surface area contributed by atoms with Crippen molar-refractivity contribution in [2.75, 3.05) is 45.0 Å². The standard InChI is InChI=1S/C29H27ClN4O5/c1-32-24-9-8-22(26(30)23(24)15-31-32)28(35)34-16-19-4-3-5-20(27(19)39-17-34)18-6-7-21(29(36)37-2)25(14-18)33-10-12-38-13-11-33/h3-9,14-15H,10-13,16-17H2,1-2H3. The van der Waals surface area contributed by atoms with Crippen molar-refractivity contribution in [3.8, 4) is 16.9 Å². The average molecular weight is 547 g/mol. The quantitative estimate of drug-likeness (QED) is 0.348. The van der Waals surface area contributed by atoms with Gasteiger partial charge in [0.15, 0.2) is 6.73 Å². The van der Waals surface area contributed by atoms with E-state index in [1.807, 2.05) is 43.4 Å². The van der Waals surface area contributed by atoms with E-state index in [4.69, 9.17) is 25.8 Å². The zero-order valence-electron chi connectivity index (χ0n) is 21.6. The number of esters is 1. The van der Waals surface area contributed by atoms with Gasteiger partial charge in [-0.3, -0.25) is 9.48 Å². The topological polar surface area (TPSA) is 86.1 Å². The van der Waals surface area contributed by atoms with Gasteiger partial charge in [-0.2, -0.15) is 5.10 Å². The van der Waals surface area contributed by atoms with Crippen LogP contribution in [0.25, 0.3) is 22.0 Å². The van der Waals surface area contributed by atoms with Crippen molar-refractivity contribution in [2.24, 2.45) is 7.05 Å².